The van der Waals surface area contributed by atoms with Gasteiger partial charge < -0.3 is 10.5 Å². The number of hydrogen-bond acceptors (Lipinski definition) is 4. The fourth-order valence-corrected chi connectivity index (χ4v) is 2.31. The van der Waals surface area contributed by atoms with E-state index in [0.717, 1.165) is 32.4 Å². The molecule has 5 heteroatoms. The summed E-state index contributed by atoms with van der Waals surface area (Å²) in [6, 6.07) is -0.0844. The maximum atomic E-state index is 11.3. The number of esters is 1. The van der Waals surface area contributed by atoms with E-state index in [1.807, 2.05) is 0 Å². The Morgan fingerprint density at radius 1 is 1.33 bits per heavy atom. The van der Waals surface area contributed by atoms with Gasteiger partial charge in [-0.3, -0.25) is 14.5 Å². The van der Waals surface area contributed by atoms with E-state index in [-0.39, 0.29) is 23.8 Å². The van der Waals surface area contributed by atoms with Gasteiger partial charge in [-0.1, -0.05) is 0 Å². The number of nitrogens with zero attached hydrogens (tertiary/aromatic N) is 1. The Morgan fingerprint density at radius 3 is 2.47 bits per heavy atom. The summed E-state index contributed by atoms with van der Waals surface area (Å²) in [5, 5.41) is 0. The van der Waals surface area contributed by atoms with Gasteiger partial charge in [0.2, 0.25) is 5.91 Å². The molecule has 0 aromatic carbocycles. The number of likely N-dealkylation sites (tertiary alicyclic amines) is 1. The van der Waals surface area contributed by atoms with Crippen LogP contribution in [-0.4, -0.2) is 42.5 Å². The Balaban J connectivity index is 1.87. The molecule has 0 spiro atoms. The van der Waals surface area contributed by atoms with Crippen LogP contribution in [0.5, 0.6) is 0 Å². The topological polar surface area (TPSA) is 72.6 Å². The van der Waals surface area contributed by atoms with E-state index in [0.29, 0.717) is 6.61 Å². The number of ether oxygens (including phenoxy) is 1. The molecule has 0 bridgehead atoms. The zero-order chi connectivity index (χ0) is 10.8. The molecule has 2 fully saturated rings. The van der Waals surface area contributed by atoms with Crippen molar-refractivity contribution in [2.24, 2.45) is 11.7 Å². The fourth-order valence-electron chi connectivity index (χ4n) is 2.31. The van der Waals surface area contributed by atoms with Gasteiger partial charge in [-0.15, -0.1) is 0 Å². The van der Waals surface area contributed by atoms with Crippen molar-refractivity contribution in [1.82, 2.24) is 4.90 Å². The molecule has 0 unspecified atom stereocenters. The van der Waals surface area contributed by atoms with Gasteiger partial charge in [-0.05, 0) is 25.9 Å². The van der Waals surface area contributed by atoms with Crippen molar-refractivity contribution in [3.05, 3.63) is 0 Å². The number of primary amides is 1. The highest BCUT2D eigenvalue weighted by molar-refractivity contribution is 5.78. The zero-order valence-electron chi connectivity index (χ0n) is 8.65. The quantitative estimate of drug-likeness (QED) is 0.626. The summed E-state index contributed by atoms with van der Waals surface area (Å²) in [7, 11) is 0. The van der Waals surface area contributed by atoms with Crippen LogP contribution in [0.25, 0.3) is 0 Å². The van der Waals surface area contributed by atoms with Gasteiger partial charge in [0.05, 0.1) is 6.61 Å². The lowest BCUT2D eigenvalue weighted by Gasteiger charge is -2.32. The summed E-state index contributed by atoms with van der Waals surface area (Å²) in [5.41, 5.74) is 5.24. The lowest BCUT2D eigenvalue weighted by molar-refractivity contribution is -0.142. The van der Waals surface area contributed by atoms with E-state index in [1.54, 1.807) is 0 Å². The summed E-state index contributed by atoms with van der Waals surface area (Å²) < 4.78 is 4.92. The van der Waals surface area contributed by atoms with Crippen molar-refractivity contribution < 1.29 is 14.3 Å². The van der Waals surface area contributed by atoms with Crippen LogP contribution in [0, 0.1) is 5.92 Å². The van der Waals surface area contributed by atoms with E-state index < -0.39 is 0 Å². The number of rotatable bonds is 2. The maximum absolute atomic E-state index is 11.3. The fraction of sp³-hybridized carbons (Fsp3) is 0.800. The summed E-state index contributed by atoms with van der Waals surface area (Å²) in [6.45, 7) is 2.07. The Bertz CT molecular complexity index is 272. The molecule has 0 aromatic heterocycles. The minimum Gasteiger partial charge on any atom is -0.464 e. The first-order chi connectivity index (χ1) is 7.18. The molecule has 15 heavy (non-hydrogen) atoms. The molecule has 2 aliphatic rings. The molecule has 84 valence electrons. The van der Waals surface area contributed by atoms with Crippen LogP contribution in [-0.2, 0) is 14.3 Å². The third-order valence-corrected chi connectivity index (χ3v) is 3.28. The highest BCUT2D eigenvalue weighted by Gasteiger charge is 2.35. The Labute approximate surface area is 88.5 Å². The minimum absolute atomic E-state index is 0.0151. The molecule has 0 saturated carbocycles. The summed E-state index contributed by atoms with van der Waals surface area (Å²) >= 11 is 0. The molecular formula is C10H16N2O3. The number of nitrogens with two attached hydrogens (primary N) is 1. The standard InChI is InChI=1S/C10H16N2O3/c11-9(13)7-1-4-12(5-2-7)8-3-6-15-10(8)14/h7-8H,1-6H2,(H2,11,13)/t8-/m1/s1. The van der Waals surface area contributed by atoms with Gasteiger partial charge in [0.1, 0.15) is 6.04 Å². The molecule has 2 heterocycles. The predicted molar refractivity (Wildman–Crippen MR) is 52.9 cm³/mol. The van der Waals surface area contributed by atoms with Crippen molar-refractivity contribution in [3.8, 4) is 0 Å². The van der Waals surface area contributed by atoms with Crippen molar-refractivity contribution in [1.29, 1.82) is 0 Å². The molecule has 2 N–H and O–H groups in total. The van der Waals surface area contributed by atoms with Crippen LogP contribution in [0.3, 0.4) is 0 Å². The second-order valence-electron chi connectivity index (χ2n) is 4.18. The maximum Gasteiger partial charge on any atom is 0.323 e. The molecule has 1 amide bonds. The molecule has 0 radical (unpaired) electrons. The molecule has 2 rings (SSSR count). The first kappa shape index (κ1) is 10.4. The Kier molecular flexibility index (Phi) is 2.90. The van der Waals surface area contributed by atoms with Crippen molar-refractivity contribution >= 4 is 11.9 Å². The number of amides is 1. The Morgan fingerprint density at radius 2 is 2.00 bits per heavy atom. The van der Waals surface area contributed by atoms with Crippen LogP contribution >= 0.6 is 0 Å². The monoisotopic (exact) mass is 212 g/mol. The van der Waals surface area contributed by atoms with Crippen molar-refractivity contribution in [3.63, 3.8) is 0 Å². The lowest BCUT2D eigenvalue weighted by atomic mass is 9.95. The van der Waals surface area contributed by atoms with Crippen LogP contribution in [0.15, 0.2) is 0 Å². The van der Waals surface area contributed by atoms with Gasteiger partial charge >= 0.3 is 5.97 Å². The zero-order valence-corrected chi connectivity index (χ0v) is 8.65. The van der Waals surface area contributed by atoms with E-state index in [1.165, 1.54) is 0 Å². The number of carbonyl (C=O) groups excluding carboxylic acids is 2. The van der Waals surface area contributed by atoms with E-state index in [4.69, 9.17) is 10.5 Å². The SMILES string of the molecule is NC(=O)C1CCN([C@@H]2CCOC2=O)CC1. The lowest BCUT2D eigenvalue weighted by Crippen LogP contribution is -2.45. The first-order valence-corrected chi connectivity index (χ1v) is 5.38. The van der Waals surface area contributed by atoms with Gasteiger partial charge in [0.25, 0.3) is 0 Å². The number of carbonyl (C=O) groups is 2. The van der Waals surface area contributed by atoms with Gasteiger partial charge in [0.15, 0.2) is 0 Å². The third kappa shape index (κ3) is 2.12. The van der Waals surface area contributed by atoms with Crippen LogP contribution < -0.4 is 5.73 Å². The van der Waals surface area contributed by atoms with Gasteiger partial charge in [-0.2, -0.15) is 0 Å². The normalized spacial score (nSPS) is 29.1. The molecule has 1 atom stereocenters. The van der Waals surface area contributed by atoms with Crippen LogP contribution in [0.4, 0.5) is 0 Å². The second-order valence-corrected chi connectivity index (χ2v) is 4.18. The van der Waals surface area contributed by atoms with Crippen LogP contribution in [0.1, 0.15) is 19.3 Å². The minimum atomic E-state index is -0.219. The van der Waals surface area contributed by atoms with Gasteiger partial charge in [0, 0.05) is 12.3 Å². The average molecular weight is 212 g/mol. The summed E-state index contributed by atoms with van der Waals surface area (Å²) in [5.74, 6) is -0.352. The largest absolute Gasteiger partial charge is 0.464 e. The van der Waals surface area contributed by atoms with Crippen molar-refractivity contribution in [2.45, 2.75) is 25.3 Å². The van der Waals surface area contributed by atoms with E-state index >= 15 is 0 Å². The van der Waals surface area contributed by atoms with E-state index in [9.17, 15) is 9.59 Å². The first-order valence-electron chi connectivity index (χ1n) is 5.38. The molecule has 2 saturated heterocycles. The third-order valence-electron chi connectivity index (χ3n) is 3.28. The number of cyclic esters (lactones) is 1. The molecule has 5 nitrogen and oxygen atoms in total. The molecule has 0 aromatic rings. The highest BCUT2D eigenvalue weighted by Crippen LogP contribution is 2.22. The van der Waals surface area contributed by atoms with E-state index in [2.05, 4.69) is 4.90 Å². The average Bonchev–Trinajstić information content (AvgIpc) is 2.65. The molecular weight excluding hydrogens is 196 g/mol. The van der Waals surface area contributed by atoms with Crippen molar-refractivity contribution in [2.75, 3.05) is 19.7 Å². The molecule has 2 aliphatic heterocycles. The van der Waals surface area contributed by atoms with Crippen LogP contribution in [0.2, 0.25) is 0 Å². The highest BCUT2D eigenvalue weighted by atomic mass is 16.5. The second kappa shape index (κ2) is 4.18. The van der Waals surface area contributed by atoms with Gasteiger partial charge in [-0.25, -0.2) is 0 Å². The Hall–Kier alpha value is -1.10. The summed E-state index contributed by atoms with van der Waals surface area (Å²) in [6.07, 6.45) is 2.30. The number of hydrogen-bond donors (Lipinski definition) is 1. The smallest absolute Gasteiger partial charge is 0.323 e. The summed E-state index contributed by atoms with van der Waals surface area (Å²) in [4.78, 5) is 24.4. The number of piperidine rings is 1. The predicted octanol–water partition coefficient (Wildman–Crippen LogP) is -0.501. The molecule has 0 aliphatic carbocycles.